The van der Waals surface area contributed by atoms with Crippen LogP contribution in [0, 0.1) is 6.92 Å². The highest BCUT2D eigenvalue weighted by molar-refractivity contribution is 7.05. The van der Waals surface area contributed by atoms with Crippen molar-refractivity contribution in [2.45, 2.75) is 38.5 Å². The molecule has 11 heavy (non-hydrogen) atoms. The van der Waals surface area contributed by atoms with E-state index in [4.69, 9.17) is 0 Å². The highest BCUT2D eigenvalue weighted by Crippen LogP contribution is 2.34. The Morgan fingerprint density at radius 3 is 2.73 bits per heavy atom. The highest BCUT2D eigenvalue weighted by atomic mass is 32.1. The zero-order valence-corrected chi connectivity index (χ0v) is 7.66. The van der Waals surface area contributed by atoms with Crippen LogP contribution in [0.2, 0.25) is 0 Å². The average molecular weight is 167 g/mol. The zero-order chi connectivity index (χ0) is 7.68. The Morgan fingerprint density at radius 2 is 2.18 bits per heavy atom. The van der Waals surface area contributed by atoms with Gasteiger partial charge in [-0.2, -0.15) is 4.37 Å². The molecule has 1 aromatic rings. The van der Waals surface area contributed by atoms with Crippen LogP contribution in [-0.4, -0.2) is 4.37 Å². The third-order valence-corrected chi connectivity index (χ3v) is 3.13. The zero-order valence-electron chi connectivity index (χ0n) is 6.84. The van der Waals surface area contributed by atoms with Crippen molar-refractivity contribution in [3.63, 3.8) is 0 Å². The molecule has 1 aliphatic carbocycles. The van der Waals surface area contributed by atoms with Crippen LogP contribution >= 0.6 is 11.5 Å². The number of aryl methyl sites for hydroxylation is 1. The molecule has 0 spiro atoms. The summed E-state index contributed by atoms with van der Waals surface area (Å²) in [6, 6.07) is 2.25. The summed E-state index contributed by atoms with van der Waals surface area (Å²) in [6.45, 7) is 2.14. The second-order valence-corrected chi connectivity index (χ2v) is 4.35. The Morgan fingerprint density at radius 1 is 1.45 bits per heavy atom. The molecule has 1 aliphatic rings. The first-order chi connectivity index (χ1) is 5.36. The van der Waals surface area contributed by atoms with Gasteiger partial charge in [-0.1, -0.05) is 12.8 Å². The molecule has 0 saturated heterocycles. The quantitative estimate of drug-likeness (QED) is 0.626. The average Bonchev–Trinajstić information content (AvgIpc) is 2.55. The molecule has 0 amide bonds. The van der Waals surface area contributed by atoms with Gasteiger partial charge in [0.05, 0.1) is 5.69 Å². The van der Waals surface area contributed by atoms with Crippen LogP contribution in [0.4, 0.5) is 0 Å². The number of aromatic nitrogens is 1. The lowest BCUT2D eigenvalue weighted by Crippen LogP contribution is -1.90. The SMILES string of the molecule is Cc1cc(C2CCCC2)ns1. The van der Waals surface area contributed by atoms with Crippen LogP contribution in [0.5, 0.6) is 0 Å². The maximum absolute atomic E-state index is 4.44. The molecule has 60 valence electrons. The summed E-state index contributed by atoms with van der Waals surface area (Å²) in [5.41, 5.74) is 1.35. The predicted octanol–water partition coefficient (Wildman–Crippen LogP) is 3.11. The summed E-state index contributed by atoms with van der Waals surface area (Å²) in [5, 5.41) is 0. The fourth-order valence-corrected chi connectivity index (χ4v) is 2.42. The van der Waals surface area contributed by atoms with E-state index < -0.39 is 0 Å². The molecule has 2 rings (SSSR count). The van der Waals surface area contributed by atoms with Gasteiger partial charge in [-0.15, -0.1) is 0 Å². The first-order valence-corrected chi connectivity index (χ1v) is 5.07. The first-order valence-electron chi connectivity index (χ1n) is 4.29. The van der Waals surface area contributed by atoms with Crippen molar-refractivity contribution in [3.8, 4) is 0 Å². The normalized spacial score (nSPS) is 19.4. The molecule has 0 aliphatic heterocycles. The number of hydrogen-bond acceptors (Lipinski definition) is 2. The molecule has 1 heterocycles. The molecule has 0 N–H and O–H groups in total. The summed E-state index contributed by atoms with van der Waals surface area (Å²) in [6.07, 6.45) is 5.54. The largest absolute Gasteiger partial charge is 0.197 e. The van der Waals surface area contributed by atoms with Crippen LogP contribution < -0.4 is 0 Å². The lowest BCUT2D eigenvalue weighted by atomic mass is 10.0. The van der Waals surface area contributed by atoms with Gasteiger partial charge in [0.25, 0.3) is 0 Å². The fraction of sp³-hybridized carbons (Fsp3) is 0.667. The third-order valence-electron chi connectivity index (χ3n) is 2.42. The van der Waals surface area contributed by atoms with Crippen molar-refractivity contribution < 1.29 is 0 Å². The number of hydrogen-bond donors (Lipinski definition) is 0. The van der Waals surface area contributed by atoms with E-state index in [1.54, 1.807) is 11.5 Å². The monoisotopic (exact) mass is 167 g/mol. The van der Waals surface area contributed by atoms with E-state index in [1.165, 1.54) is 36.3 Å². The summed E-state index contributed by atoms with van der Waals surface area (Å²) >= 11 is 1.64. The minimum atomic E-state index is 0.792. The molecule has 0 unspecified atom stereocenters. The van der Waals surface area contributed by atoms with E-state index in [0.717, 1.165) is 5.92 Å². The van der Waals surface area contributed by atoms with E-state index in [1.807, 2.05) is 0 Å². The van der Waals surface area contributed by atoms with E-state index in [-0.39, 0.29) is 0 Å². The van der Waals surface area contributed by atoms with Crippen LogP contribution in [-0.2, 0) is 0 Å². The molecule has 1 fully saturated rings. The Kier molecular flexibility index (Phi) is 1.95. The lowest BCUT2D eigenvalue weighted by Gasteiger charge is -2.01. The van der Waals surface area contributed by atoms with Crippen molar-refractivity contribution >= 4 is 11.5 Å². The summed E-state index contributed by atoms with van der Waals surface area (Å²) in [5.74, 6) is 0.792. The molecule has 1 nitrogen and oxygen atoms in total. The van der Waals surface area contributed by atoms with E-state index in [9.17, 15) is 0 Å². The van der Waals surface area contributed by atoms with Gasteiger partial charge in [-0.3, -0.25) is 0 Å². The summed E-state index contributed by atoms with van der Waals surface area (Å²) in [7, 11) is 0. The maximum atomic E-state index is 4.44. The van der Waals surface area contributed by atoms with Crippen LogP contribution in [0.1, 0.15) is 42.2 Å². The Hall–Kier alpha value is -0.370. The van der Waals surface area contributed by atoms with Gasteiger partial charge in [0.1, 0.15) is 0 Å². The van der Waals surface area contributed by atoms with E-state index in [2.05, 4.69) is 17.4 Å². The maximum Gasteiger partial charge on any atom is 0.0575 e. The van der Waals surface area contributed by atoms with Crippen molar-refractivity contribution in [3.05, 3.63) is 16.6 Å². The van der Waals surface area contributed by atoms with Crippen LogP contribution in [0.15, 0.2) is 6.07 Å². The van der Waals surface area contributed by atoms with Gasteiger partial charge in [0, 0.05) is 10.8 Å². The Bertz CT molecular complexity index is 235. The molecular formula is C9H13NS. The van der Waals surface area contributed by atoms with Gasteiger partial charge in [-0.05, 0) is 37.4 Å². The van der Waals surface area contributed by atoms with Crippen molar-refractivity contribution in [1.82, 2.24) is 4.37 Å². The molecule has 0 bridgehead atoms. The van der Waals surface area contributed by atoms with Crippen molar-refractivity contribution in [2.24, 2.45) is 0 Å². The minimum Gasteiger partial charge on any atom is -0.197 e. The molecule has 0 radical (unpaired) electrons. The van der Waals surface area contributed by atoms with Crippen LogP contribution in [0.25, 0.3) is 0 Å². The summed E-state index contributed by atoms with van der Waals surface area (Å²) in [4.78, 5) is 1.35. The van der Waals surface area contributed by atoms with Gasteiger partial charge >= 0.3 is 0 Å². The van der Waals surface area contributed by atoms with E-state index in [0.29, 0.717) is 0 Å². The Labute approximate surface area is 71.6 Å². The minimum absolute atomic E-state index is 0.792. The van der Waals surface area contributed by atoms with Gasteiger partial charge < -0.3 is 0 Å². The lowest BCUT2D eigenvalue weighted by molar-refractivity contribution is 0.707. The fourth-order valence-electron chi connectivity index (χ4n) is 1.80. The van der Waals surface area contributed by atoms with Gasteiger partial charge in [0.15, 0.2) is 0 Å². The number of rotatable bonds is 1. The third kappa shape index (κ3) is 1.45. The molecule has 1 aromatic heterocycles. The van der Waals surface area contributed by atoms with Gasteiger partial charge in [-0.25, -0.2) is 0 Å². The van der Waals surface area contributed by atoms with Crippen molar-refractivity contribution in [1.29, 1.82) is 0 Å². The predicted molar refractivity (Wildman–Crippen MR) is 48.1 cm³/mol. The Balaban J connectivity index is 2.15. The highest BCUT2D eigenvalue weighted by Gasteiger charge is 2.18. The van der Waals surface area contributed by atoms with Gasteiger partial charge in [0.2, 0.25) is 0 Å². The van der Waals surface area contributed by atoms with Crippen molar-refractivity contribution in [2.75, 3.05) is 0 Å². The molecular weight excluding hydrogens is 154 g/mol. The van der Waals surface area contributed by atoms with E-state index >= 15 is 0 Å². The first kappa shape index (κ1) is 7.29. The molecule has 1 saturated carbocycles. The number of nitrogens with zero attached hydrogens (tertiary/aromatic N) is 1. The molecule has 2 heteroatoms. The summed E-state index contributed by atoms with van der Waals surface area (Å²) < 4.78 is 4.44. The molecule has 0 aromatic carbocycles. The second kappa shape index (κ2) is 2.94. The standard InChI is InChI=1S/C9H13NS/c1-7-6-9(10-11-7)8-4-2-3-5-8/h6,8H,2-5H2,1H3. The van der Waals surface area contributed by atoms with Crippen LogP contribution in [0.3, 0.4) is 0 Å². The topological polar surface area (TPSA) is 12.9 Å². The smallest absolute Gasteiger partial charge is 0.0575 e. The molecule has 0 atom stereocenters. The second-order valence-electron chi connectivity index (χ2n) is 3.34.